The molecule has 144 valence electrons. The van der Waals surface area contributed by atoms with E-state index in [-0.39, 0.29) is 16.8 Å². The second kappa shape index (κ2) is 7.83. The summed E-state index contributed by atoms with van der Waals surface area (Å²) in [5.74, 6) is -0.588. The maximum absolute atomic E-state index is 12.9. The number of rotatable bonds is 5. The molecule has 8 nitrogen and oxygen atoms in total. The summed E-state index contributed by atoms with van der Waals surface area (Å²) in [6.07, 6.45) is 0. The van der Waals surface area contributed by atoms with Gasteiger partial charge < -0.3 is 24.5 Å². The van der Waals surface area contributed by atoms with Gasteiger partial charge in [-0.3, -0.25) is 9.59 Å². The first-order valence-electron chi connectivity index (χ1n) is 8.26. The second-order valence-corrected chi connectivity index (χ2v) is 5.79. The van der Waals surface area contributed by atoms with Crippen molar-refractivity contribution in [3.63, 3.8) is 0 Å². The minimum absolute atomic E-state index is 0.0858. The van der Waals surface area contributed by atoms with Crippen LogP contribution in [0.5, 0.6) is 11.5 Å². The molecule has 0 spiro atoms. The van der Waals surface area contributed by atoms with Crippen LogP contribution in [0, 0.1) is 0 Å². The Kier molecular flexibility index (Phi) is 5.30. The van der Waals surface area contributed by atoms with E-state index in [1.807, 2.05) is 0 Å². The topological polar surface area (TPSA) is 107 Å². The number of H-pyrrole nitrogens is 1. The average molecular weight is 382 g/mol. The quantitative estimate of drug-likeness (QED) is 0.657. The minimum Gasteiger partial charge on any atom is -0.493 e. The van der Waals surface area contributed by atoms with Crippen LogP contribution in [0.4, 0.5) is 5.69 Å². The highest BCUT2D eigenvalue weighted by Gasteiger charge is 2.20. The third kappa shape index (κ3) is 3.52. The van der Waals surface area contributed by atoms with E-state index in [2.05, 4.69) is 10.3 Å². The van der Waals surface area contributed by atoms with Crippen molar-refractivity contribution in [1.29, 1.82) is 0 Å². The number of benzene rings is 2. The summed E-state index contributed by atoms with van der Waals surface area (Å²) in [7, 11) is 4.10. The van der Waals surface area contributed by atoms with E-state index in [1.165, 1.54) is 39.5 Å². The number of ether oxygens (including phenoxy) is 3. The van der Waals surface area contributed by atoms with E-state index < -0.39 is 17.4 Å². The molecule has 0 aliphatic carbocycles. The molecule has 0 unspecified atom stereocenters. The van der Waals surface area contributed by atoms with Crippen LogP contribution >= 0.6 is 0 Å². The minimum atomic E-state index is -0.660. The molecule has 1 amide bonds. The van der Waals surface area contributed by atoms with Crippen LogP contribution in [0.2, 0.25) is 0 Å². The molecule has 0 radical (unpaired) electrons. The molecule has 3 aromatic rings. The molecular weight excluding hydrogens is 364 g/mol. The second-order valence-electron chi connectivity index (χ2n) is 5.79. The molecule has 0 atom stereocenters. The van der Waals surface area contributed by atoms with Crippen molar-refractivity contribution in [1.82, 2.24) is 4.98 Å². The SMILES string of the molecule is COC(=O)c1cc(OC)c(OC)cc1NC(=O)c1cc(=O)[nH]c2ccccc12. The van der Waals surface area contributed by atoms with Crippen molar-refractivity contribution in [3.8, 4) is 11.5 Å². The summed E-state index contributed by atoms with van der Waals surface area (Å²) in [6, 6.07) is 11.0. The number of para-hydroxylation sites is 1. The normalized spacial score (nSPS) is 10.4. The van der Waals surface area contributed by atoms with Crippen LogP contribution in [-0.2, 0) is 4.74 Å². The lowest BCUT2D eigenvalue weighted by Gasteiger charge is -2.15. The lowest BCUT2D eigenvalue weighted by molar-refractivity contribution is 0.0601. The highest BCUT2D eigenvalue weighted by molar-refractivity contribution is 6.14. The fraction of sp³-hybridized carbons (Fsp3) is 0.150. The average Bonchev–Trinajstić information content (AvgIpc) is 2.71. The van der Waals surface area contributed by atoms with Gasteiger partial charge in [-0.05, 0) is 6.07 Å². The van der Waals surface area contributed by atoms with Crippen LogP contribution in [-0.4, -0.2) is 38.2 Å². The molecule has 1 heterocycles. The number of pyridine rings is 1. The molecule has 28 heavy (non-hydrogen) atoms. The first-order chi connectivity index (χ1) is 13.5. The zero-order valence-electron chi connectivity index (χ0n) is 15.5. The highest BCUT2D eigenvalue weighted by Crippen LogP contribution is 2.34. The van der Waals surface area contributed by atoms with Crippen LogP contribution < -0.4 is 20.3 Å². The Morgan fingerprint density at radius 1 is 0.929 bits per heavy atom. The van der Waals surface area contributed by atoms with Gasteiger partial charge in [0, 0.05) is 29.1 Å². The summed E-state index contributed by atoms with van der Waals surface area (Å²) in [5, 5.41) is 3.23. The number of carbonyl (C=O) groups is 2. The van der Waals surface area contributed by atoms with Crippen molar-refractivity contribution in [3.05, 3.63) is 63.9 Å². The van der Waals surface area contributed by atoms with Gasteiger partial charge >= 0.3 is 5.97 Å². The number of fused-ring (bicyclic) bond motifs is 1. The molecule has 0 aliphatic rings. The molecule has 1 aromatic heterocycles. The van der Waals surface area contributed by atoms with E-state index in [1.54, 1.807) is 24.3 Å². The van der Waals surface area contributed by atoms with Crippen molar-refractivity contribution in [2.75, 3.05) is 26.6 Å². The Morgan fingerprint density at radius 2 is 1.61 bits per heavy atom. The highest BCUT2D eigenvalue weighted by atomic mass is 16.5. The van der Waals surface area contributed by atoms with Gasteiger partial charge in [0.25, 0.3) is 5.91 Å². The standard InChI is InChI=1S/C20H18N2O6/c1-26-16-8-13(20(25)28-3)15(10-17(16)27-2)22-19(24)12-9-18(23)21-14-7-5-4-6-11(12)14/h4-10H,1-3H3,(H,21,23)(H,22,24). The van der Waals surface area contributed by atoms with Crippen LogP contribution in [0.25, 0.3) is 10.9 Å². The van der Waals surface area contributed by atoms with Crippen molar-refractivity contribution >= 4 is 28.5 Å². The summed E-state index contributed by atoms with van der Waals surface area (Å²) in [4.78, 5) is 39.7. The zero-order chi connectivity index (χ0) is 20.3. The van der Waals surface area contributed by atoms with Crippen molar-refractivity contribution in [2.24, 2.45) is 0 Å². The number of methoxy groups -OCH3 is 3. The van der Waals surface area contributed by atoms with Gasteiger partial charge in [-0.15, -0.1) is 0 Å². The van der Waals surface area contributed by atoms with Crippen molar-refractivity contribution in [2.45, 2.75) is 0 Å². The number of esters is 1. The third-order valence-electron chi connectivity index (χ3n) is 4.17. The van der Waals surface area contributed by atoms with Gasteiger partial charge in [0.2, 0.25) is 5.56 Å². The Balaban J connectivity index is 2.10. The predicted molar refractivity (Wildman–Crippen MR) is 103 cm³/mol. The Bertz CT molecular complexity index is 1120. The molecule has 2 N–H and O–H groups in total. The number of aromatic amines is 1. The van der Waals surface area contributed by atoms with Crippen LogP contribution in [0.1, 0.15) is 20.7 Å². The summed E-state index contributed by atoms with van der Waals surface area (Å²) >= 11 is 0. The van der Waals surface area contributed by atoms with Crippen LogP contribution in [0.15, 0.2) is 47.3 Å². The monoisotopic (exact) mass is 382 g/mol. The Labute approximate surface area is 160 Å². The number of anilines is 1. The van der Waals surface area contributed by atoms with Gasteiger partial charge in [0.15, 0.2) is 11.5 Å². The third-order valence-corrected chi connectivity index (χ3v) is 4.17. The lowest BCUT2D eigenvalue weighted by Crippen LogP contribution is -2.19. The number of hydrogen-bond acceptors (Lipinski definition) is 6. The molecule has 0 bridgehead atoms. The number of carbonyl (C=O) groups excluding carboxylic acids is 2. The predicted octanol–water partition coefficient (Wildman–Crippen LogP) is 2.58. The van der Waals surface area contributed by atoms with Gasteiger partial charge in [-0.2, -0.15) is 0 Å². The van der Waals surface area contributed by atoms with Gasteiger partial charge in [-0.25, -0.2) is 4.79 Å². The summed E-state index contributed by atoms with van der Waals surface area (Å²) in [6.45, 7) is 0. The van der Waals surface area contributed by atoms with Crippen molar-refractivity contribution < 1.29 is 23.8 Å². The fourth-order valence-corrected chi connectivity index (χ4v) is 2.84. The first kappa shape index (κ1) is 19.0. The molecule has 0 fully saturated rings. The maximum Gasteiger partial charge on any atom is 0.340 e. The smallest absolute Gasteiger partial charge is 0.340 e. The molecule has 0 aliphatic heterocycles. The van der Waals surface area contributed by atoms with Gasteiger partial charge in [0.05, 0.1) is 38.1 Å². The number of hydrogen-bond donors (Lipinski definition) is 2. The summed E-state index contributed by atoms with van der Waals surface area (Å²) < 4.78 is 15.2. The Hall–Kier alpha value is -3.81. The number of aromatic nitrogens is 1. The zero-order valence-corrected chi connectivity index (χ0v) is 15.5. The lowest BCUT2D eigenvalue weighted by atomic mass is 10.1. The first-order valence-corrected chi connectivity index (χ1v) is 8.26. The van der Waals surface area contributed by atoms with E-state index in [9.17, 15) is 14.4 Å². The summed E-state index contributed by atoms with van der Waals surface area (Å²) in [5.41, 5.74) is 0.538. The van der Waals surface area contributed by atoms with Gasteiger partial charge in [0.1, 0.15) is 0 Å². The van der Waals surface area contributed by atoms with E-state index >= 15 is 0 Å². The Morgan fingerprint density at radius 3 is 2.29 bits per heavy atom. The largest absolute Gasteiger partial charge is 0.493 e. The van der Waals surface area contributed by atoms with E-state index in [0.717, 1.165) is 0 Å². The molecule has 2 aromatic carbocycles. The molecule has 8 heteroatoms. The molecule has 0 saturated heterocycles. The molecule has 3 rings (SSSR count). The molecule has 0 saturated carbocycles. The van der Waals surface area contributed by atoms with E-state index in [4.69, 9.17) is 14.2 Å². The van der Waals surface area contributed by atoms with Gasteiger partial charge in [-0.1, -0.05) is 18.2 Å². The van der Waals surface area contributed by atoms with Crippen LogP contribution in [0.3, 0.4) is 0 Å². The maximum atomic E-state index is 12.9. The number of nitrogens with one attached hydrogen (secondary N) is 2. The van der Waals surface area contributed by atoms with E-state index in [0.29, 0.717) is 22.4 Å². The number of amides is 1. The fourth-order valence-electron chi connectivity index (χ4n) is 2.84. The molecular formula is C20H18N2O6.